The molecule has 1 atom stereocenters. The van der Waals surface area contributed by atoms with Gasteiger partial charge in [0.25, 0.3) is 5.91 Å². The predicted octanol–water partition coefficient (Wildman–Crippen LogP) is 1.74. The highest BCUT2D eigenvalue weighted by atomic mass is 19.1. The Morgan fingerprint density at radius 2 is 2.19 bits per heavy atom. The zero-order valence-corrected chi connectivity index (χ0v) is 11.6. The van der Waals surface area contributed by atoms with Gasteiger partial charge >= 0.3 is 0 Å². The summed E-state index contributed by atoms with van der Waals surface area (Å²) in [7, 11) is 0. The molecule has 0 spiro atoms. The first-order chi connectivity index (χ1) is 10.2. The monoisotopic (exact) mass is 289 g/mol. The van der Waals surface area contributed by atoms with E-state index in [1.165, 1.54) is 12.1 Å². The third kappa shape index (κ3) is 4.52. The van der Waals surface area contributed by atoms with Gasteiger partial charge in [-0.05, 0) is 19.1 Å². The number of carbonyl (C=O) groups is 1. The van der Waals surface area contributed by atoms with Gasteiger partial charge in [0.2, 0.25) is 0 Å². The maximum atomic E-state index is 13.4. The zero-order valence-electron chi connectivity index (χ0n) is 11.6. The van der Waals surface area contributed by atoms with Gasteiger partial charge in [0.15, 0.2) is 17.7 Å². The molecule has 1 heterocycles. The Morgan fingerprint density at radius 3 is 2.90 bits per heavy atom. The van der Waals surface area contributed by atoms with Crippen molar-refractivity contribution < 1.29 is 13.9 Å². The number of carbonyl (C=O) groups excluding carboxylic acids is 1. The number of nitrogens with one attached hydrogen (secondary N) is 1. The SMILES string of the molecule is C[C@H](Oc1ccccc1F)C(=O)NCCc1cnccn1. The van der Waals surface area contributed by atoms with Crippen molar-refractivity contribution in [2.75, 3.05) is 6.54 Å². The third-order valence-electron chi connectivity index (χ3n) is 2.81. The average molecular weight is 289 g/mol. The van der Waals surface area contributed by atoms with Gasteiger partial charge in [0, 0.05) is 31.6 Å². The zero-order chi connectivity index (χ0) is 15.1. The van der Waals surface area contributed by atoms with Crippen molar-refractivity contribution in [3.8, 4) is 5.75 Å². The van der Waals surface area contributed by atoms with Crippen LogP contribution >= 0.6 is 0 Å². The Bertz CT molecular complexity index is 592. The summed E-state index contributed by atoms with van der Waals surface area (Å²) in [5, 5.41) is 2.72. The number of hydrogen-bond donors (Lipinski definition) is 1. The molecule has 1 aromatic heterocycles. The molecule has 0 bridgehead atoms. The molecule has 5 nitrogen and oxygen atoms in total. The van der Waals surface area contributed by atoms with Gasteiger partial charge in [-0.1, -0.05) is 12.1 Å². The molecule has 110 valence electrons. The Morgan fingerprint density at radius 1 is 1.38 bits per heavy atom. The maximum Gasteiger partial charge on any atom is 0.260 e. The minimum Gasteiger partial charge on any atom is -0.478 e. The normalized spacial score (nSPS) is 11.7. The minimum absolute atomic E-state index is 0.0640. The van der Waals surface area contributed by atoms with E-state index < -0.39 is 11.9 Å². The number of rotatable bonds is 6. The molecular formula is C15H16FN3O2. The lowest BCUT2D eigenvalue weighted by Gasteiger charge is -2.15. The molecule has 1 N–H and O–H groups in total. The number of para-hydroxylation sites is 1. The van der Waals surface area contributed by atoms with Crippen molar-refractivity contribution in [3.63, 3.8) is 0 Å². The molecule has 0 fully saturated rings. The van der Waals surface area contributed by atoms with Crippen LogP contribution in [0.2, 0.25) is 0 Å². The first-order valence-electron chi connectivity index (χ1n) is 6.60. The lowest BCUT2D eigenvalue weighted by Crippen LogP contribution is -2.37. The lowest BCUT2D eigenvalue weighted by atomic mass is 10.3. The van der Waals surface area contributed by atoms with Crippen LogP contribution in [0.5, 0.6) is 5.75 Å². The van der Waals surface area contributed by atoms with Gasteiger partial charge in [-0.2, -0.15) is 0 Å². The van der Waals surface area contributed by atoms with Gasteiger partial charge in [-0.3, -0.25) is 14.8 Å². The second-order valence-electron chi connectivity index (χ2n) is 4.43. The highest BCUT2D eigenvalue weighted by molar-refractivity contribution is 5.80. The second-order valence-corrected chi connectivity index (χ2v) is 4.43. The molecule has 6 heteroatoms. The number of aromatic nitrogens is 2. The fourth-order valence-corrected chi connectivity index (χ4v) is 1.70. The summed E-state index contributed by atoms with van der Waals surface area (Å²) in [5.74, 6) is -0.729. The van der Waals surface area contributed by atoms with E-state index in [1.54, 1.807) is 37.6 Å². The summed E-state index contributed by atoms with van der Waals surface area (Å²) in [5.41, 5.74) is 0.792. The predicted molar refractivity (Wildman–Crippen MR) is 75.2 cm³/mol. The molecule has 1 aromatic carbocycles. The topological polar surface area (TPSA) is 64.1 Å². The molecule has 0 radical (unpaired) electrons. The highest BCUT2D eigenvalue weighted by Gasteiger charge is 2.15. The molecule has 0 unspecified atom stereocenters. The van der Waals surface area contributed by atoms with Crippen molar-refractivity contribution in [1.29, 1.82) is 0 Å². The standard InChI is InChI=1S/C15H16FN3O2/c1-11(21-14-5-3-2-4-13(14)16)15(20)19-7-6-12-10-17-8-9-18-12/h2-5,8-11H,6-7H2,1H3,(H,19,20)/t11-/m0/s1. The van der Waals surface area contributed by atoms with Crippen molar-refractivity contribution in [3.05, 3.63) is 54.4 Å². The van der Waals surface area contributed by atoms with Crippen molar-refractivity contribution >= 4 is 5.91 Å². The fourth-order valence-electron chi connectivity index (χ4n) is 1.70. The molecule has 0 saturated heterocycles. The van der Waals surface area contributed by atoms with Crippen LogP contribution < -0.4 is 10.1 Å². The summed E-state index contributed by atoms with van der Waals surface area (Å²) < 4.78 is 18.7. The number of ether oxygens (including phenoxy) is 1. The highest BCUT2D eigenvalue weighted by Crippen LogP contribution is 2.16. The largest absolute Gasteiger partial charge is 0.478 e. The van der Waals surface area contributed by atoms with E-state index in [0.717, 1.165) is 5.69 Å². The summed E-state index contributed by atoms with van der Waals surface area (Å²) in [6.07, 6.45) is 4.63. The van der Waals surface area contributed by atoms with Crippen LogP contribution in [0.25, 0.3) is 0 Å². The molecule has 0 aliphatic heterocycles. The second kappa shape index (κ2) is 7.33. The first-order valence-corrected chi connectivity index (χ1v) is 6.60. The summed E-state index contributed by atoms with van der Waals surface area (Å²) in [6, 6.07) is 5.98. The molecular weight excluding hydrogens is 273 g/mol. The molecule has 0 saturated carbocycles. The fraction of sp³-hybridized carbons (Fsp3) is 0.267. The molecule has 0 aliphatic rings. The lowest BCUT2D eigenvalue weighted by molar-refractivity contribution is -0.127. The maximum absolute atomic E-state index is 13.4. The Hall–Kier alpha value is -2.50. The Labute approximate surface area is 122 Å². The van der Waals surface area contributed by atoms with E-state index in [-0.39, 0.29) is 11.7 Å². The Balaban J connectivity index is 1.79. The molecule has 2 rings (SSSR count). The van der Waals surface area contributed by atoms with E-state index in [2.05, 4.69) is 15.3 Å². The van der Waals surface area contributed by atoms with E-state index in [9.17, 15) is 9.18 Å². The van der Waals surface area contributed by atoms with Crippen LogP contribution in [0.1, 0.15) is 12.6 Å². The van der Waals surface area contributed by atoms with Gasteiger partial charge < -0.3 is 10.1 Å². The van der Waals surface area contributed by atoms with Crippen LogP contribution in [-0.4, -0.2) is 28.5 Å². The van der Waals surface area contributed by atoms with Crippen LogP contribution in [-0.2, 0) is 11.2 Å². The number of hydrogen-bond acceptors (Lipinski definition) is 4. The number of amides is 1. The van der Waals surface area contributed by atoms with Crippen LogP contribution in [0.15, 0.2) is 42.9 Å². The van der Waals surface area contributed by atoms with Gasteiger partial charge in [0.05, 0.1) is 5.69 Å². The van der Waals surface area contributed by atoms with Gasteiger partial charge in [0.1, 0.15) is 0 Å². The first kappa shape index (κ1) is 14.9. The number of benzene rings is 1. The van der Waals surface area contributed by atoms with Crippen molar-refractivity contribution in [2.45, 2.75) is 19.4 Å². The quantitative estimate of drug-likeness (QED) is 0.880. The Kier molecular flexibility index (Phi) is 5.20. The van der Waals surface area contributed by atoms with E-state index in [4.69, 9.17) is 4.74 Å². The van der Waals surface area contributed by atoms with Gasteiger partial charge in [-0.25, -0.2) is 4.39 Å². The van der Waals surface area contributed by atoms with Gasteiger partial charge in [-0.15, -0.1) is 0 Å². The number of halogens is 1. The molecule has 1 amide bonds. The van der Waals surface area contributed by atoms with Crippen molar-refractivity contribution in [2.24, 2.45) is 0 Å². The van der Waals surface area contributed by atoms with Crippen molar-refractivity contribution in [1.82, 2.24) is 15.3 Å². The summed E-state index contributed by atoms with van der Waals surface area (Å²) >= 11 is 0. The van der Waals surface area contributed by atoms with Crippen LogP contribution in [0, 0.1) is 5.82 Å². The van der Waals surface area contributed by atoms with E-state index in [0.29, 0.717) is 13.0 Å². The smallest absolute Gasteiger partial charge is 0.260 e. The van der Waals surface area contributed by atoms with E-state index >= 15 is 0 Å². The molecule has 2 aromatic rings. The van der Waals surface area contributed by atoms with Crippen LogP contribution in [0.4, 0.5) is 4.39 Å². The third-order valence-corrected chi connectivity index (χ3v) is 2.81. The summed E-state index contributed by atoms with van der Waals surface area (Å²) in [6.45, 7) is 1.99. The molecule has 0 aliphatic carbocycles. The average Bonchev–Trinajstić information content (AvgIpc) is 2.50. The van der Waals surface area contributed by atoms with E-state index in [1.807, 2.05) is 0 Å². The molecule has 21 heavy (non-hydrogen) atoms. The number of nitrogens with zero attached hydrogens (tertiary/aromatic N) is 2. The summed E-state index contributed by atoms with van der Waals surface area (Å²) in [4.78, 5) is 19.9. The van der Waals surface area contributed by atoms with Crippen LogP contribution in [0.3, 0.4) is 0 Å². The minimum atomic E-state index is -0.774.